The molecular formula is C34H32N10O3. The van der Waals surface area contributed by atoms with E-state index in [0.717, 1.165) is 24.3 Å². The molecule has 1 fully saturated rings. The van der Waals surface area contributed by atoms with Gasteiger partial charge in [0.05, 0.1) is 46.7 Å². The number of aliphatic hydroxyl groups is 1. The van der Waals surface area contributed by atoms with Gasteiger partial charge in [0, 0.05) is 50.6 Å². The van der Waals surface area contributed by atoms with Crippen LogP contribution >= 0.6 is 0 Å². The van der Waals surface area contributed by atoms with E-state index < -0.39 is 11.9 Å². The third-order valence-corrected chi connectivity index (χ3v) is 8.40. The predicted octanol–water partition coefficient (Wildman–Crippen LogP) is 2.03. The average Bonchev–Trinajstić information content (AvgIpc) is 3.59. The Labute approximate surface area is 269 Å². The molecule has 7 rings (SSSR count). The number of β-amino-alcohol motifs (C(OH)–C–C–N with tert-alkyl or cyclic N) is 1. The van der Waals surface area contributed by atoms with Gasteiger partial charge in [-0.3, -0.25) is 23.7 Å². The third-order valence-electron chi connectivity index (χ3n) is 8.40. The lowest BCUT2D eigenvalue weighted by molar-refractivity contribution is 0.0940. The first kappa shape index (κ1) is 29.8. The van der Waals surface area contributed by atoms with Crippen LogP contribution in [0.5, 0.6) is 0 Å². The molecule has 0 unspecified atom stereocenters. The number of hydrogen-bond acceptors (Lipinski definition) is 9. The maximum atomic E-state index is 14.4. The van der Waals surface area contributed by atoms with Crippen molar-refractivity contribution in [1.29, 1.82) is 0 Å². The molecule has 0 saturated carbocycles. The van der Waals surface area contributed by atoms with E-state index in [2.05, 4.69) is 37.2 Å². The number of fused-ring (bicyclic) bond motifs is 2. The molecule has 47 heavy (non-hydrogen) atoms. The predicted molar refractivity (Wildman–Crippen MR) is 176 cm³/mol. The number of carbonyl (C=O) groups is 1. The fourth-order valence-corrected chi connectivity index (χ4v) is 6.15. The van der Waals surface area contributed by atoms with Crippen molar-refractivity contribution in [2.45, 2.75) is 18.9 Å². The number of benzene rings is 2. The summed E-state index contributed by atoms with van der Waals surface area (Å²) in [4.78, 5) is 39.3. The van der Waals surface area contributed by atoms with Gasteiger partial charge in [-0.1, -0.05) is 36.1 Å². The van der Waals surface area contributed by atoms with Crippen LogP contribution in [0.1, 0.15) is 51.9 Å². The third kappa shape index (κ3) is 5.39. The Kier molecular flexibility index (Phi) is 7.72. The topological polar surface area (TPSA) is 161 Å². The molecule has 1 saturated heterocycles. The molecule has 13 nitrogen and oxygen atoms in total. The molecule has 1 aliphatic rings. The van der Waals surface area contributed by atoms with Crippen LogP contribution in [0.25, 0.3) is 22.2 Å². The van der Waals surface area contributed by atoms with Crippen LogP contribution in [-0.4, -0.2) is 76.1 Å². The molecule has 5 heterocycles. The number of nitrogens with one attached hydrogen (secondary N) is 1. The largest absolute Gasteiger partial charge is 0.395 e. The summed E-state index contributed by atoms with van der Waals surface area (Å²) in [6.45, 7) is 4.18. The van der Waals surface area contributed by atoms with Crippen molar-refractivity contribution in [3.63, 3.8) is 0 Å². The zero-order valence-corrected chi connectivity index (χ0v) is 25.8. The molecule has 1 atom stereocenters. The number of nitrogen functional groups attached to an aromatic ring is 1. The number of hydrogen-bond donors (Lipinski definition) is 3. The van der Waals surface area contributed by atoms with Gasteiger partial charge in [0.25, 0.3) is 11.5 Å². The Morgan fingerprint density at radius 1 is 1.11 bits per heavy atom. The zero-order chi connectivity index (χ0) is 32.7. The number of aliphatic hydroxyl groups excluding tert-OH is 1. The first-order chi connectivity index (χ1) is 22.8. The van der Waals surface area contributed by atoms with Crippen molar-refractivity contribution in [3.8, 4) is 17.5 Å². The summed E-state index contributed by atoms with van der Waals surface area (Å²) >= 11 is 0. The summed E-state index contributed by atoms with van der Waals surface area (Å²) in [5.74, 6) is 6.64. The molecule has 6 aromatic rings. The number of para-hydroxylation sites is 1. The molecule has 0 spiro atoms. The second-order valence-electron chi connectivity index (χ2n) is 11.5. The number of amides is 1. The van der Waals surface area contributed by atoms with E-state index in [0.29, 0.717) is 40.2 Å². The second-order valence-corrected chi connectivity index (χ2v) is 11.5. The van der Waals surface area contributed by atoms with E-state index in [1.54, 1.807) is 37.6 Å². The van der Waals surface area contributed by atoms with Gasteiger partial charge in [-0.05, 0) is 37.3 Å². The minimum Gasteiger partial charge on any atom is -0.395 e. The smallest absolute Gasteiger partial charge is 0.267 e. The van der Waals surface area contributed by atoms with Crippen molar-refractivity contribution in [3.05, 3.63) is 112 Å². The highest BCUT2D eigenvalue weighted by molar-refractivity contribution is 6.04. The molecular weight excluding hydrogens is 596 g/mol. The minimum absolute atomic E-state index is 0.0418. The summed E-state index contributed by atoms with van der Waals surface area (Å²) in [6, 6.07) is 15.5. The van der Waals surface area contributed by atoms with E-state index in [1.165, 1.54) is 9.08 Å². The number of carbonyl (C=O) groups excluding carboxylic acids is 1. The van der Waals surface area contributed by atoms with Gasteiger partial charge < -0.3 is 16.2 Å². The number of rotatable bonds is 7. The maximum Gasteiger partial charge on any atom is 0.267 e. The van der Waals surface area contributed by atoms with Gasteiger partial charge in [-0.2, -0.15) is 5.10 Å². The highest BCUT2D eigenvalue weighted by Gasteiger charge is 2.31. The van der Waals surface area contributed by atoms with E-state index in [-0.39, 0.29) is 29.5 Å². The highest BCUT2D eigenvalue weighted by atomic mass is 16.3. The summed E-state index contributed by atoms with van der Waals surface area (Å²) in [5, 5.41) is 21.2. The Bertz CT molecular complexity index is 2260. The van der Waals surface area contributed by atoms with Crippen LogP contribution in [0.4, 0.5) is 5.82 Å². The Hall–Kier alpha value is -5.84. The summed E-state index contributed by atoms with van der Waals surface area (Å²) in [7, 11) is 1.90. The van der Waals surface area contributed by atoms with Gasteiger partial charge in [-0.25, -0.2) is 14.5 Å². The maximum absolute atomic E-state index is 14.4. The monoisotopic (exact) mass is 628 g/mol. The minimum atomic E-state index is -0.710. The van der Waals surface area contributed by atoms with Gasteiger partial charge in [-0.15, -0.1) is 5.10 Å². The van der Waals surface area contributed by atoms with Crippen molar-refractivity contribution in [1.82, 2.24) is 44.1 Å². The number of nitrogens with zero attached hydrogens (tertiary/aromatic N) is 8. The normalized spacial score (nSPS) is 14.1. The van der Waals surface area contributed by atoms with E-state index in [4.69, 9.17) is 10.7 Å². The average molecular weight is 629 g/mol. The fraction of sp³-hybridized carbons (Fsp3) is 0.235. The van der Waals surface area contributed by atoms with E-state index >= 15 is 0 Å². The van der Waals surface area contributed by atoms with Gasteiger partial charge in [0.2, 0.25) is 0 Å². The van der Waals surface area contributed by atoms with Crippen LogP contribution in [0.15, 0.2) is 78.0 Å². The fourth-order valence-electron chi connectivity index (χ4n) is 6.15. The van der Waals surface area contributed by atoms with Crippen molar-refractivity contribution in [2.75, 3.05) is 32.0 Å². The van der Waals surface area contributed by atoms with Crippen LogP contribution in [0.3, 0.4) is 0 Å². The molecule has 0 radical (unpaired) electrons. The van der Waals surface area contributed by atoms with Gasteiger partial charge >= 0.3 is 0 Å². The van der Waals surface area contributed by atoms with E-state index in [1.807, 2.05) is 54.2 Å². The Balaban J connectivity index is 1.29. The summed E-state index contributed by atoms with van der Waals surface area (Å²) < 4.78 is 4.80. The van der Waals surface area contributed by atoms with Crippen molar-refractivity contribution < 1.29 is 9.90 Å². The number of aryl methyl sites for hydroxylation is 1. The molecule has 13 heteroatoms. The Morgan fingerprint density at radius 3 is 2.68 bits per heavy atom. The number of anilines is 1. The zero-order valence-electron chi connectivity index (χ0n) is 25.8. The molecule has 0 bridgehead atoms. The molecule has 2 aromatic carbocycles. The quantitative estimate of drug-likeness (QED) is 0.225. The summed E-state index contributed by atoms with van der Waals surface area (Å²) in [5.41, 5.74) is 9.64. The lowest BCUT2D eigenvalue weighted by Crippen LogP contribution is -2.47. The van der Waals surface area contributed by atoms with Crippen LogP contribution in [-0.2, 0) is 7.05 Å². The SMILES string of the molecule is C[C@H](NC(=O)c1c(N)nn2cccnc12)c1nc2cccc(C#Cc3cnn(C)c3C3CN(CCO)C3)c2c(=O)n1-c1ccccc1. The molecule has 236 valence electrons. The second kappa shape index (κ2) is 12.2. The van der Waals surface area contributed by atoms with Gasteiger partial charge in [0.15, 0.2) is 11.5 Å². The van der Waals surface area contributed by atoms with Crippen LogP contribution in [0.2, 0.25) is 0 Å². The highest BCUT2D eigenvalue weighted by Crippen LogP contribution is 2.29. The first-order valence-corrected chi connectivity index (χ1v) is 15.2. The standard InChI is InChI=1S/C34H32N10O3/c1-21(38-33(46)28-30(35)40-43-15-7-14-36-32(28)43)31-39-26-11-6-8-22(27(26)34(47)44(31)25-9-4-3-5-10-25)12-13-23-18-37-41(2)29(23)24-19-42(20-24)16-17-45/h3-11,14-15,18,21,24,45H,16-17,19-20H2,1-2H3,(H2,35,40)(H,38,46)/t21-/m0/s1. The lowest BCUT2D eigenvalue weighted by Gasteiger charge is -2.39. The number of likely N-dealkylation sites (tertiary alicyclic amines) is 1. The lowest BCUT2D eigenvalue weighted by atomic mass is 9.93. The van der Waals surface area contributed by atoms with Gasteiger partial charge in [0.1, 0.15) is 11.4 Å². The number of aromatic nitrogens is 7. The first-order valence-electron chi connectivity index (χ1n) is 15.2. The molecule has 4 aromatic heterocycles. The van der Waals surface area contributed by atoms with Crippen LogP contribution < -0.4 is 16.6 Å². The van der Waals surface area contributed by atoms with Crippen LogP contribution in [0, 0.1) is 11.8 Å². The summed E-state index contributed by atoms with van der Waals surface area (Å²) in [6.07, 6.45) is 4.97. The van der Waals surface area contributed by atoms with E-state index in [9.17, 15) is 14.7 Å². The van der Waals surface area contributed by atoms with Crippen molar-refractivity contribution >= 4 is 28.3 Å². The van der Waals surface area contributed by atoms with Crippen molar-refractivity contribution in [2.24, 2.45) is 7.05 Å². The molecule has 1 aliphatic heterocycles. The molecule has 0 aliphatic carbocycles. The number of nitrogens with two attached hydrogens (primary N) is 1. The molecule has 4 N–H and O–H groups in total. The Morgan fingerprint density at radius 2 is 1.89 bits per heavy atom. The molecule has 1 amide bonds.